The van der Waals surface area contributed by atoms with Crippen molar-refractivity contribution in [1.82, 2.24) is 10.6 Å². The zero-order chi connectivity index (χ0) is 39.1. The highest BCUT2D eigenvalue weighted by atomic mass is 16.6. The topological polar surface area (TPSA) is 95.1 Å². The van der Waals surface area contributed by atoms with Gasteiger partial charge >= 0.3 is 12.2 Å². The fraction of sp³-hybridized carbons (Fsp3) is 0.957. The van der Waals surface area contributed by atoms with E-state index >= 15 is 0 Å². The highest BCUT2D eigenvalue weighted by Crippen LogP contribution is 2.17. The molecule has 2 N–H and O–H groups in total. The first kappa shape index (κ1) is 52.5. The molecular formula is C46H92N2O6. The molecule has 0 aliphatic carbocycles. The monoisotopic (exact) mass is 769 g/mol. The summed E-state index contributed by atoms with van der Waals surface area (Å²) in [5, 5.41) is 5.66. The summed E-state index contributed by atoms with van der Waals surface area (Å²) < 4.78 is 20.1. The minimum atomic E-state index is -0.300. The molecule has 0 bridgehead atoms. The van der Waals surface area contributed by atoms with Crippen LogP contribution in [0.4, 0.5) is 9.59 Å². The Morgan fingerprint density at radius 1 is 0.278 bits per heavy atom. The van der Waals surface area contributed by atoms with Crippen LogP contribution in [0.2, 0.25) is 0 Å². The molecule has 8 heteroatoms. The lowest BCUT2D eigenvalue weighted by Gasteiger charge is -2.07. The standard InChI is InChI=1S/C46H92N2O6/c1-51-41-37-43-53-45(49)47-39-35-33-31-29-27-25-23-21-19-17-15-13-11-9-7-5-3-4-6-8-10-12-14-16-18-20-22-24-26-28-30-32-34-36-40-48-46(50)54-44-38-42-52-2/h3-44H2,1-2H3,(H,47,49)(H,48,50). The normalized spacial score (nSPS) is 11.2. The first-order valence-corrected chi connectivity index (χ1v) is 23.5. The minimum Gasteiger partial charge on any atom is -0.449 e. The van der Waals surface area contributed by atoms with Gasteiger partial charge in [0.2, 0.25) is 0 Å². The van der Waals surface area contributed by atoms with Crippen molar-refractivity contribution < 1.29 is 28.5 Å². The number of methoxy groups -OCH3 is 2. The summed E-state index contributed by atoms with van der Waals surface area (Å²) >= 11 is 0. The molecule has 0 saturated heterocycles. The van der Waals surface area contributed by atoms with Crippen LogP contribution in [0.25, 0.3) is 0 Å². The van der Waals surface area contributed by atoms with E-state index in [-0.39, 0.29) is 12.2 Å². The Hall–Kier alpha value is -1.54. The van der Waals surface area contributed by atoms with E-state index < -0.39 is 0 Å². The lowest BCUT2D eigenvalue weighted by molar-refractivity contribution is 0.123. The SMILES string of the molecule is COCCCOC(=O)NCCCCCCCCCCCCCCCCCCCCCCCCCCCCCCCCCCCCNC(=O)OCCCOC. The van der Waals surface area contributed by atoms with E-state index in [1.807, 2.05) is 0 Å². The number of alkyl carbamates (subject to hydrolysis) is 2. The van der Waals surface area contributed by atoms with Crippen LogP contribution in [0, 0.1) is 0 Å². The van der Waals surface area contributed by atoms with Crippen molar-refractivity contribution >= 4 is 12.2 Å². The number of carbonyl (C=O) groups excluding carboxylic acids is 2. The third-order valence-electron chi connectivity index (χ3n) is 10.6. The number of rotatable bonds is 45. The van der Waals surface area contributed by atoms with Crippen LogP contribution in [0.15, 0.2) is 0 Å². The summed E-state index contributed by atoms with van der Waals surface area (Å²) in [5.74, 6) is 0. The Morgan fingerprint density at radius 2 is 0.463 bits per heavy atom. The van der Waals surface area contributed by atoms with E-state index in [1.54, 1.807) is 14.2 Å². The van der Waals surface area contributed by atoms with Crippen molar-refractivity contribution in [2.24, 2.45) is 0 Å². The lowest BCUT2D eigenvalue weighted by atomic mass is 10.0. The molecule has 0 heterocycles. The fourth-order valence-electron chi connectivity index (χ4n) is 7.13. The molecular weight excluding hydrogens is 677 g/mol. The van der Waals surface area contributed by atoms with Crippen LogP contribution in [0.5, 0.6) is 0 Å². The van der Waals surface area contributed by atoms with Gasteiger partial charge in [-0.25, -0.2) is 9.59 Å². The molecule has 0 unspecified atom stereocenters. The van der Waals surface area contributed by atoms with Crippen LogP contribution < -0.4 is 10.6 Å². The number of unbranched alkanes of at least 4 members (excludes halogenated alkanes) is 33. The maximum atomic E-state index is 11.5. The lowest BCUT2D eigenvalue weighted by Crippen LogP contribution is -2.25. The number of ether oxygens (including phenoxy) is 4. The number of carbonyl (C=O) groups is 2. The molecule has 0 aromatic rings. The number of hydrogen-bond acceptors (Lipinski definition) is 6. The quantitative estimate of drug-likeness (QED) is 0.0599. The summed E-state index contributed by atoms with van der Waals surface area (Å²) in [6, 6.07) is 0. The van der Waals surface area contributed by atoms with Gasteiger partial charge in [0.05, 0.1) is 13.2 Å². The second kappa shape index (κ2) is 47.6. The van der Waals surface area contributed by atoms with Crippen molar-refractivity contribution in [3.8, 4) is 0 Å². The molecule has 0 saturated carbocycles. The average molecular weight is 769 g/mol. The zero-order valence-corrected chi connectivity index (χ0v) is 36.1. The molecule has 2 amide bonds. The second-order valence-corrected chi connectivity index (χ2v) is 15.8. The van der Waals surface area contributed by atoms with Gasteiger partial charge in [0.1, 0.15) is 0 Å². The van der Waals surface area contributed by atoms with Gasteiger partial charge < -0.3 is 29.6 Å². The van der Waals surface area contributed by atoms with Crippen molar-refractivity contribution in [2.75, 3.05) is 53.7 Å². The molecule has 322 valence electrons. The Labute approximate surface area is 335 Å². The van der Waals surface area contributed by atoms with Crippen molar-refractivity contribution in [3.05, 3.63) is 0 Å². The third kappa shape index (κ3) is 46.6. The summed E-state index contributed by atoms with van der Waals surface area (Å²) in [7, 11) is 3.31. The van der Waals surface area contributed by atoms with E-state index in [4.69, 9.17) is 18.9 Å². The molecule has 0 aliphatic heterocycles. The molecule has 0 aliphatic rings. The largest absolute Gasteiger partial charge is 0.449 e. The molecule has 0 spiro atoms. The second-order valence-electron chi connectivity index (χ2n) is 15.8. The minimum absolute atomic E-state index is 0.300. The Balaban J connectivity index is 3.11. The highest BCUT2D eigenvalue weighted by Gasteiger charge is 2.02. The van der Waals surface area contributed by atoms with E-state index in [2.05, 4.69) is 10.6 Å². The molecule has 0 fully saturated rings. The van der Waals surface area contributed by atoms with Crippen molar-refractivity contribution in [1.29, 1.82) is 0 Å². The van der Waals surface area contributed by atoms with Crippen LogP contribution in [0.3, 0.4) is 0 Å². The Kier molecular flexibility index (Phi) is 46.3. The number of nitrogens with one attached hydrogen (secondary N) is 2. The first-order valence-electron chi connectivity index (χ1n) is 23.5. The third-order valence-corrected chi connectivity index (χ3v) is 10.6. The molecule has 0 rings (SSSR count). The van der Waals surface area contributed by atoms with Gasteiger partial charge in [0.25, 0.3) is 0 Å². The summed E-state index contributed by atoms with van der Waals surface area (Å²) in [6.45, 7) is 3.54. The molecule has 0 aromatic heterocycles. The van der Waals surface area contributed by atoms with Crippen LogP contribution in [-0.2, 0) is 18.9 Å². The summed E-state index contributed by atoms with van der Waals surface area (Å²) in [5.41, 5.74) is 0. The van der Waals surface area contributed by atoms with Gasteiger partial charge in [0.15, 0.2) is 0 Å². The van der Waals surface area contributed by atoms with Gasteiger partial charge in [-0.05, 0) is 12.8 Å². The molecule has 54 heavy (non-hydrogen) atoms. The van der Waals surface area contributed by atoms with Gasteiger partial charge in [-0.1, -0.05) is 205 Å². The smallest absolute Gasteiger partial charge is 0.407 e. The van der Waals surface area contributed by atoms with Gasteiger partial charge in [-0.3, -0.25) is 0 Å². The predicted molar refractivity (Wildman–Crippen MR) is 229 cm³/mol. The zero-order valence-electron chi connectivity index (χ0n) is 36.1. The average Bonchev–Trinajstić information content (AvgIpc) is 3.17. The fourth-order valence-corrected chi connectivity index (χ4v) is 7.13. The Bertz CT molecular complexity index is 680. The van der Waals surface area contributed by atoms with E-state index in [0.717, 1.165) is 38.8 Å². The van der Waals surface area contributed by atoms with E-state index in [1.165, 1.54) is 205 Å². The van der Waals surface area contributed by atoms with E-state index in [9.17, 15) is 9.59 Å². The van der Waals surface area contributed by atoms with Crippen LogP contribution in [-0.4, -0.2) is 65.9 Å². The predicted octanol–water partition coefficient (Wildman–Crippen LogP) is 13.8. The molecule has 0 radical (unpaired) electrons. The first-order chi connectivity index (χ1) is 26.7. The van der Waals surface area contributed by atoms with Gasteiger partial charge in [0, 0.05) is 53.4 Å². The number of amides is 2. The maximum absolute atomic E-state index is 11.5. The summed E-state index contributed by atoms with van der Waals surface area (Å²) in [4.78, 5) is 23.1. The maximum Gasteiger partial charge on any atom is 0.407 e. The summed E-state index contributed by atoms with van der Waals surface area (Å²) in [6.07, 6.45) is 47.7. The number of hydrogen-bond donors (Lipinski definition) is 2. The van der Waals surface area contributed by atoms with Gasteiger partial charge in [-0.15, -0.1) is 0 Å². The Morgan fingerprint density at radius 3 is 0.648 bits per heavy atom. The van der Waals surface area contributed by atoms with Gasteiger partial charge in [-0.2, -0.15) is 0 Å². The van der Waals surface area contributed by atoms with Crippen LogP contribution in [0.1, 0.15) is 231 Å². The molecule has 0 aromatic carbocycles. The van der Waals surface area contributed by atoms with Crippen LogP contribution >= 0.6 is 0 Å². The molecule has 0 atom stereocenters. The highest BCUT2D eigenvalue weighted by molar-refractivity contribution is 5.67. The van der Waals surface area contributed by atoms with Crippen molar-refractivity contribution in [3.63, 3.8) is 0 Å². The molecule has 8 nitrogen and oxygen atoms in total. The van der Waals surface area contributed by atoms with Crippen molar-refractivity contribution in [2.45, 2.75) is 231 Å². The van der Waals surface area contributed by atoms with E-state index in [0.29, 0.717) is 26.4 Å².